The lowest BCUT2D eigenvalue weighted by Crippen LogP contribution is -2.32. The maximum atomic E-state index is 5.64. The van der Waals surface area contributed by atoms with Crippen molar-refractivity contribution in [3.63, 3.8) is 0 Å². The van der Waals surface area contributed by atoms with Crippen LogP contribution in [0.4, 0.5) is 0 Å². The molecule has 3 nitrogen and oxygen atoms in total. The van der Waals surface area contributed by atoms with E-state index in [2.05, 4.69) is 31.1 Å². The summed E-state index contributed by atoms with van der Waals surface area (Å²) in [6.07, 6.45) is 5.21. The quantitative estimate of drug-likeness (QED) is 0.562. The minimum absolute atomic E-state index is 0.629. The van der Waals surface area contributed by atoms with Crippen LogP contribution in [-0.2, 0) is 4.74 Å². The standard InChI is InChI=1S/C14H30N2O/c1-4-8-15-13(2)7-9-16(3)10-11-17-12-14-5-6-14/h13-15H,4-12H2,1-3H3. The van der Waals surface area contributed by atoms with Gasteiger partial charge in [0.1, 0.15) is 0 Å². The molecular formula is C14H30N2O. The van der Waals surface area contributed by atoms with Gasteiger partial charge in [0.25, 0.3) is 0 Å². The lowest BCUT2D eigenvalue weighted by atomic mass is 10.2. The van der Waals surface area contributed by atoms with Crippen molar-refractivity contribution < 1.29 is 4.74 Å². The first kappa shape index (κ1) is 14.9. The highest BCUT2D eigenvalue weighted by atomic mass is 16.5. The Morgan fingerprint density at radius 1 is 1.35 bits per heavy atom. The molecule has 0 heterocycles. The van der Waals surface area contributed by atoms with E-state index in [-0.39, 0.29) is 0 Å². The molecule has 3 heteroatoms. The molecule has 1 aliphatic carbocycles. The molecule has 1 unspecified atom stereocenters. The fourth-order valence-corrected chi connectivity index (χ4v) is 1.77. The molecule has 0 radical (unpaired) electrons. The molecule has 1 aliphatic rings. The Morgan fingerprint density at radius 3 is 2.76 bits per heavy atom. The number of likely N-dealkylation sites (N-methyl/N-ethyl adjacent to an activating group) is 1. The van der Waals surface area contributed by atoms with Crippen LogP contribution >= 0.6 is 0 Å². The van der Waals surface area contributed by atoms with Crippen molar-refractivity contribution in [1.82, 2.24) is 10.2 Å². The molecular weight excluding hydrogens is 212 g/mol. The summed E-state index contributed by atoms with van der Waals surface area (Å²) < 4.78 is 5.64. The highest BCUT2D eigenvalue weighted by Gasteiger charge is 2.20. The Balaban J connectivity index is 1.86. The Hall–Kier alpha value is -0.120. The number of hydrogen-bond acceptors (Lipinski definition) is 3. The highest BCUT2D eigenvalue weighted by Crippen LogP contribution is 2.28. The van der Waals surface area contributed by atoms with Crippen LogP contribution in [0.3, 0.4) is 0 Å². The van der Waals surface area contributed by atoms with Gasteiger partial charge < -0.3 is 15.0 Å². The molecule has 0 aliphatic heterocycles. The van der Waals surface area contributed by atoms with Gasteiger partial charge >= 0.3 is 0 Å². The number of hydrogen-bond donors (Lipinski definition) is 1. The third kappa shape index (κ3) is 8.58. The minimum atomic E-state index is 0.629. The van der Waals surface area contributed by atoms with Gasteiger partial charge in [0.05, 0.1) is 6.61 Å². The van der Waals surface area contributed by atoms with Gasteiger partial charge in [0.2, 0.25) is 0 Å². The van der Waals surface area contributed by atoms with E-state index in [1.54, 1.807) is 0 Å². The van der Waals surface area contributed by atoms with Crippen LogP contribution in [0, 0.1) is 5.92 Å². The number of ether oxygens (including phenoxy) is 1. The molecule has 0 aromatic carbocycles. The van der Waals surface area contributed by atoms with Crippen LogP contribution in [0.1, 0.15) is 39.5 Å². The van der Waals surface area contributed by atoms with Crippen LogP contribution in [0.2, 0.25) is 0 Å². The summed E-state index contributed by atoms with van der Waals surface area (Å²) >= 11 is 0. The van der Waals surface area contributed by atoms with E-state index in [0.717, 1.165) is 38.8 Å². The van der Waals surface area contributed by atoms with Crippen LogP contribution in [0.15, 0.2) is 0 Å². The molecule has 0 saturated heterocycles. The monoisotopic (exact) mass is 242 g/mol. The molecule has 0 amide bonds. The van der Waals surface area contributed by atoms with Gasteiger partial charge in [-0.25, -0.2) is 0 Å². The van der Waals surface area contributed by atoms with E-state index in [1.165, 1.54) is 25.7 Å². The van der Waals surface area contributed by atoms with Crippen LogP contribution in [0.25, 0.3) is 0 Å². The first-order valence-corrected chi connectivity index (χ1v) is 7.22. The van der Waals surface area contributed by atoms with Crippen molar-refractivity contribution >= 4 is 0 Å². The van der Waals surface area contributed by atoms with Crippen LogP contribution in [-0.4, -0.2) is 50.8 Å². The molecule has 0 aromatic heterocycles. The zero-order chi connectivity index (χ0) is 12.5. The second-order valence-corrected chi connectivity index (χ2v) is 5.47. The third-order valence-electron chi connectivity index (χ3n) is 3.35. The van der Waals surface area contributed by atoms with Crippen molar-refractivity contribution in [1.29, 1.82) is 0 Å². The molecule has 1 atom stereocenters. The summed E-state index contributed by atoms with van der Waals surface area (Å²) in [6.45, 7) is 9.72. The lowest BCUT2D eigenvalue weighted by molar-refractivity contribution is 0.102. The Morgan fingerprint density at radius 2 is 2.12 bits per heavy atom. The third-order valence-corrected chi connectivity index (χ3v) is 3.35. The van der Waals surface area contributed by atoms with Gasteiger partial charge in [-0.2, -0.15) is 0 Å². The summed E-state index contributed by atoms with van der Waals surface area (Å²) in [5.74, 6) is 0.888. The van der Waals surface area contributed by atoms with Crippen molar-refractivity contribution in [2.45, 2.75) is 45.6 Å². The highest BCUT2D eigenvalue weighted by molar-refractivity contribution is 4.72. The van der Waals surface area contributed by atoms with Crippen molar-refractivity contribution in [2.75, 3.05) is 39.9 Å². The maximum Gasteiger partial charge on any atom is 0.0593 e. The summed E-state index contributed by atoms with van der Waals surface area (Å²) in [5, 5.41) is 3.52. The van der Waals surface area contributed by atoms with Gasteiger partial charge in [-0.1, -0.05) is 6.92 Å². The van der Waals surface area contributed by atoms with E-state index >= 15 is 0 Å². The van der Waals surface area contributed by atoms with Gasteiger partial charge in [-0.05, 0) is 58.7 Å². The zero-order valence-electron chi connectivity index (χ0n) is 11.9. The zero-order valence-corrected chi connectivity index (χ0v) is 11.9. The predicted molar refractivity (Wildman–Crippen MR) is 73.4 cm³/mol. The summed E-state index contributed by atoms with van der Waals surface area (Å²) in [6, 6.07) is 0.629. The molecule has 1 N–H and O–H groups in total. The van der Waals surface area contributed by atoms with E-state index in [4.69, 9.17) is 4.74 Å². The number of nitrogens with zero attached hydrogens (tertiary/aromatic N) is 1. The fraction of sp³-hybridized carbons (Fsp3) is 1.00. The second kappa shape index (κ2) is 8.90. The van der Waals surface area contributed by atoms with Crippen LogP contribution < -0.4 is 5.32 Å². The van der Waals surface area contributed by atoms with E-state index in [1.807, 2.05) is 0 Å². The van der Waals surface area contributed by atoms with Gasteiger partial charge in [0, 0.05) is 19.2 Å². The molecule has 1 rings (SSSR count). The van der Waals surface area contributed by atoms with Crippen molar-refractivity contribution in [3.05, 3.63) is 0 Å². The fourth-order valence-electron chi connectivity index (χ4n) is 1.77. The average molecular weight is 242 g/mol. The number of rotatable bonds is 11. The smallest absolute Gasteiger partial charge is 0.0593 e. The first-order chi connectivity index (χ1) is 8.22. The topological polar surface area (TPSA) is 24.5 Å². The SMILES string of the molecule is CCCNC(C)CCN(C)CCOCC1CC1. The summed E-state index contributed by atoms with van der Waals surface area (Å²) in [5.41, 5.74) is 0. The normalized spacial score (nSPS) is 17.6. The van der Waals surface area contributed by atoms with E-state index in [0.29, 0.717) is 6.04 Å². The van der Waals surface area contributed by atoms with Gasteiger partial charge in [-0.3, -0.25) is 0 Å². The minimum Gasteiger partial charge on any atom is -0.380 e. The summed E-state index contributed by atoms with van der Waals surface area (Å²) in [7, 11) is 2.19. The largest absolute Gasteiger partial charge is 0.380 e. The van der Waals surface area contributed by atoms with Crippen molar-refractivity contribution in [3.8, 4) is 0 Å². The van der Waals surface area contributed by atoms with Crippen molar-refractivity contribution in [2.24, 2.45) is 5.92 Å². The molecule has 1 fully saturated rings. The molecule has 0 spiro atoms. The Labute approximate surface area is 107 Å². The average Bonchev–Trinajstić information content (AvgIpc) is 3.13. The second-order valence-electron chi connectivity index (χ2n) is 5.47. The lowest BCUT2D eigenvalue weighted by Gasteiger charge is -2.20. The molecule has 0 aromatic rings. The predicted octanol–water partition coefficient (Wildman–Crippen LogP) is 2.12. The first-order valence-electron chi connectivity index (χ1n) is 7.22. The molecule has 102 valence electrons. The molecule has 1 saturated carbocycles. The maximum absolute atomic E-state index is 5.64. The van der Waals surface area contributed by atoms with E-state index < -0.39 is 0 Å². The van der Waals surface area contributed by atoms with E-state index in [9.17, 15) is 0 Å². The number of nitrogens with one attached hydrogen (secondary N) is 1. The Bertz CT molecular complexity index is 183. The summed E-state index contributed by atoms with van der Waals surface area (Å²) in [4.78, 5) is 2.37. The van der Waals surface area contributed by atoms with Gasteiger partial charge in [-0.15, -0.1) is 0 Å². The molecule has 0 bridgehead atoms. The van der Waals surface area contributed by atoms with Gasteiger partial charge in [0.15, 0.2) is 0 Å². The molecule has 17 heavy (non-hydrogen) atoms. The van der Waals surface area contributed by atoms with Crippen LogP contribution in [0.5, 0.6) is 0 Å². The Kier molecular flexibility index (Phi) is 7.82.